The molecule has 5 nitrogen and oxygen atoms in total. The molecule has 21 heavy (non-hydrogen) atoms. The minimum atomic E-state index is -1.26. The predicted molar refractivity (Wildman–Crippen MR) is 75.9 cm³/mol. The van der Waals surface area contributed by atoms with Crippen molar-refractivity contribution in [2.45, 2.75) is 25.3 Å². The molecule has 1 atom stereocenters. The van der Waals surface area contributed by atoms with Crippen LogP contribution in [0.4, 0.5) is 10.1 Å². The van der Waals surface area contributed by atoms with Crippen molar-refractivity contribution in [2.24, 2.45) is 7.05 Å². The summed E-state index contributed by atoms with van der Waals surface area (Å²) in [4.78, 5) is 11.0. The van der Waals surface area contributed by atoms with Crippen molar-refractivity contribution < 1.29 is 14.3 Å². The number of carboxylic acid groups (broad SMARTS) is 1. The van der Waals surface area contributed by atoms with E-state index in [2.05, 4.69) is 10.4 Å². The first-order chi connectivity index (χ1) is 10.1. The number of nitrogens with one attached hydrogen (secondary N) is 1. The number of rotatable bonds is 3. The highest BCUT2D eigenvalue weighted by atomic mass is 19.1. The van der Waals surface area contributed by atoms with Gasteiger partial charge in [-0.25, -0.2) is 9.18 Å². The van der Waals surface area contributed by atoms with Crippen molar-refractivity contribution in [3.8, 4) is 0 Å². The standard InChI is InChI=1S/C15H16FN3O2/c1-19-14-4-2-3-13(11(14)8-17-19)18-9-5-6-12(16)10(7-9)15(20)21/h5-8,13,18H,2-4H2,1H3,(H,20,21). The topological polar surface area (TPSA) is 67.2 Å². The van der Waals surface area contributed by atoms with E-state index in [1.54, 1.807) is 6.07 Å². The smallest absolute Gasteiger partial charge is 0.338 e. The van der Waals surface area contributed by atoms with Crippen molar-refractivity contribution in [3.05, 3.63) is 47.0 Å². The fourth-order valence-electron chi connectivity index (χ4n) is 2.84. The number of fused-ring (bicyclic) bond motifs is 1. The molecule has 1 aliphatic rings. The largest absolute Gasteiger partial charge is 0.478 e. The first kappa shape index (κ1) is 13.6. The van der Waals surface area contributed by atoms with Gasteiger partial charge in [-0.15, -0.1) is 0 Å². The lowest BCUT2D eigenvalue weighted by Crippen LogP contribution is -2.18. The molecule has 0 fully saturated rings. The Bertz CT molecular complexity index is 696. The number of anilines is 1. The molecule has 2 aromatic rings. The van der Waals surface area contributed by atoms with Crippen LogP contribution in [0.3, 0.4) is 0 Å². The number of nitrogens with zero attached hydrogens (tertiary/aromatic N) is 2. The molecular formula is C15H16FN3O2. The fourth-order valence-corrected chi connectivity index (χ4v) is 2.84. The van der Waals surface area contributed by atoms with Crippen LogP contribution in [0.2, 0.25) is 0 Å². The summed E-state index contributed by atoms with van der Waals surface area (Å²) in [6.45, 7) is 0. The van der Waals surface area contributed by atoms with E-state index in [1.165, 1.54) is 17.8 Å². The Morgan fingerprint density at radius 2 is 2.33 bits per heavy atom. The molecule has 0 bridgehead atoms. The maximum Gasteiger partial charge on any atom is 0.338 e. The maximum absolute atomic E-state index is 13.4. The van der Waals surface area contributed by atoms with Crippen LogP contribution in [-0.4, -0.2) is 20.9 Å². The second-order valence-corrected chi connectivity index (χ2v) is 5.26. The zero-order valence-electron chi connectivity index (χ0n) is 11.6. The minimum Gasteiger partial charge on any atom is -0.478 e. The summed E-state index contributed by atoms with van der Waals surface area (Å²) in [7, 11) is 1.92. The summed E-state index contributed by atoms with van der Waals surface area (Å²) >= 11 is 0. The Morgan fingerprint density at radius 1 is 1.52 bits per heavy atom. The third-order valence-corrected chi connectivity index (χ3v) is 3.91. The maximum atomic E-state index is 13.4. The minimum absolute atomic E-state index is 0.0783. The summed E-state index contributed by atoms with van der Waals surface area (Å²) in [5, 5.41) is 16.5. The fraction of sp³-hybridized carbons (Fsp3) is 0.333. The van der Waals surface area contributed by atoms with Gasteiger partial charge >= 0.3 is 5.97 Å². The molecule has 0 radical (unpaired) electrons. The van der Waals surface area contributed by atoms with Gasteiger partial charge in [-0.05, 0) is 37.5 Å². The summed E-state index contributed by atoms with van der Waals surface area (Å²) in [5.74, 6) is -1.99. The molecule has 6 heteroatoms. The van der Waals surface area contributed by atoms with Crippen LogP contribution >= 0.6 is 0 Å². The second-order valence-electron chi connectivity index (χ2n) is 5.26. The molecular weight excluding hydrogens is 273 g/mol. The third kappa shape index (κ3) is 2.49. The Balaban J connectivity index is 1.88. The molecule has 1 unspecified atom stereocenters. The van der Waals surface area contributed by atoms with E-state index in [0.29, 0.717) is 5.69 Å². The van der Waals surface area contributed by atoms with E-state index < -0.39 is 11.8 Å². The highest BCUT2D eigenvalue weighted by Gasteiger charge is 2.23. The van der Waals surface area contributed by atoms with Gasteiger partial charge in [0.25, 0.3) is 0 Å². The number of aryl methyl sites for hydroxylation is 1. The van der Waals surface area contributed by atoms with Gasteiger partial charge in [-0.3, -0.25) is 4.68 Å². The molecule has 1 aliphatic carbocycles. The third-order valence-electron chi connectivity index (χ3n) is 3.91. The van der Waals surface area contributed by atoms with E-state index in [4.69, 9.17) is 5.11 Å². The lowest BCUT2D eigenvalue weighted by Gasteiger charge is -2.25. The van der Waals surface area contributed by atoms with Crippen LogP contribution in [0.1, 0.15) is 40.5 Å². The summed E-state index contributed by atoms with van der Waals surface area (Å²) in [6.07, 6.45) is 4.82. The van der Waals surface area contributed by atoms with Gasteiger partial charge in [0.1, 0.15) is 5.82 Å². The van der Waals surface area contributed by atoms with Crippen LogP contribution in [-0.2, 0) is 13.5 Å². The van der Waals surface area contributed by atoms with Gasteiger partial charge in [-0.2, -0.15) is 5.10 Å². The lowest BCUT2D eigenvalue weighted by atomic mass is 9.92. The van der Waals surface area contributed by atoms with Gasteiger partial charge in [-0.1, -0.05) is 0 Å². The van der Waals surface area contributed by atoms with Crippen LogP contribution in [0.15, 0.2) is 24.4 Å². The van der Waals surface area contributed by atoms with Crippen molar-refractivity contribution in [1.82, 2.24) is 9.78 Å². The van der Waals surface area contributed by atoms with E-state index in [-0.39, 0.29) is 11.6 Å². The molecule has 110 valence electrons. The number of aromatic carboxylic acids is 1. The normalized spacial score (nSPS) is 17.3. The number of aromatic nitrogens is 2. The van der Waals surface area contributed by atoms with Crippen molar-refractivity contribution >= 4 is 11.7 Å². The van der Waals surface area contributed by atoms with E-state index in [1.807, 2.05) is 17.9 Å². The van der Waals surface area contributed by atoms with E-state index in [9.17, 15) is 9.18 Å². The van der Waals surface area contributed by atoms with Crippen molar-refractivity contribution in [1.29, 1.82) is 0 Å². The number of halogens is 1. The monoisotopic (exact) mass is 289 g/mol. The van der Waals surface area contributed by atoms with Crippen LogP contribution in [0, 0.1) is 5.82 Å². The van der Waals surface area contributed by atoms with Crippen LogP contribution in [0.25, 0.3) is 0 Å². The Hall–Kier alpha value is -2.37. The van der Waals surface area contributed by atoms with Gasteiger partial charge in [0, 0.05) is 24.0 Å². The highest BCUT2D eigenvalue weighted by molar-refractivity contribution is 5.89. The quantitative estimate of drug-likeness (QED) is 0.911. The van der Waals surface area contributed by atoms with Gasteiger partial charge in [0.15, 0.2) is 0 Å². The molecule has 2 N–H and O–H groups in total. The Labute approximate surface area is 121 Å². The highest BCUT2D eigenvalue weighted by Crippen LogP contribution is 2.32. The second kappa shape index (κ2) is 5.20. The zero-order chi connectivity index (χ0) is 15.0. The van der Waals surface area contributed by atoms with Gasteiger partial charge < -0.3 is 10.4 Å². The van der Waals surface area contributed by atoms with Crippen LogP contribution in [0.5, 0.6) is 0 Å². The first-order valence-corrected chi connectivity index (χ1v) is 6.86. The van der Waals surface area contributed by atoms with Gasteiger partial charge in [0.05, 0.1) is 17.8 Å². The SMILES string of the molecule is Cn1ncc2c1CCCC2Nc1ccc(F)c(C(=O)O)c1. The number of carboxylic acids is 1. The lowest BCUT2D eigenvalue weighted by molar-refractivity contribution is 0.0692. The summed E-state index contributed by atoms with van der Waals surface area (Å²) < 4.78 is 15.3. The van der Waals surface area contributed by atoms with Crippen molar-refractivity contribution in [3.63, 3.8) is 0 Å². The molecule has 1 aromatic carbocycles. The van der Waals surface area contributed by atoms with Crippen LogP contribution < -0.4 is 5.32 Å². The molecule has 3 rings (SSSR count). The molecule has 1 heterocycles. The average molecular weight is 289 g/mol. The Morgan fingerprint density at radius 3 is 3.10 bits per heavy atom. The number of hydrogen-bond acceptors (Lipinski definition) is 3. The molecule has 0 aliphatic heterocycles. The number of benzene rings is 1. The van der Waals surface area contributed by atoms with E-state index >= 15 is 0 Å². The molecule has 0 amide bonds. The summed E-state index contributed by atoms with van der Waals surface area (Å²) in [5.41, 5.74) is 2.61. The average Bonchev–Trinajstić information content (AvgIpc) is 2.84. The number of hydrogen-bond donors (Lipinski definition) is 2. The van der Waals surface area contributed by atoms with E-state index in [0.717, 1.165) is 24.8 Å². The molecule has 0 spiro atoms. The molecule has 0 saturated carbocycles. The first-order valence-electron chi connectivity index (χ1n) is 6.86. The zero-order valence-corrected chi connectivity index (χ0v) is 11.6. The number of carbonyl (C=O) groups is 1. The predicted octanol–water partition coefficient (Wildman–Crippen LogP) is 2.75. The summed E-state index contributed by atoms with van der Waals surface area (Å²) in [6, 6.07) is 4.16. The van der Waals surface area contributed by atoms with Gasteiger partial charge in [0.2, 0.25) is 0 Å². The van der Waals surface area contributed by atoms with Crippen molar-refractivity contribution in [2.75, 3.05) is 5.32 Å². The molecule has 0 saturated heterocycles. The molecule has 1 aromatic heterocycles. The Kier molecular flexibility index (Phi) is 3.37.